The van der Waals surface area contributed by atoms with Gasteiger partial charge in [0.25, 0.3) is 5.92 Å². The first-order valence-corrected chi connectivity index (χ1v) is 7.42. The molecule has 2 N–H and O–H groups in total. The molecule has 0 aromatic heterocycles. The van der Waals surface area contributed by atoms with E-state index in [0.29, 0.717) is 12.8 Å². The average molecular weight is 294 g/mol. The van der Waals surface area contributed by atoms with Gasteiger partial charge in [0, 0.05) is 36.2 Å². The largest absolute Gasteiger partial charge is 0.382 e. The highest BCUT2D eigenvalue weighted by atomic mass is 19.3. The molecule has 2 aliphatic carbocycles. The maximum atomic E-state index is 13.3. The van der Waals surface area contributed by atoms with Crippen LogP contribution in [0, 0.1) is 5.41 Å². The highest BCUT2D eigenvalue weighted by Crippen LogP contribution is 2.67. The first-order chi connectivity index (χ1) is 9.90. The van der Waals surface area contributed by atoms with Crippen LogP contribution < -0.4 is 10.6 Å². The Hall–Kier alpha value is -1.65. The zero-order valence-electron chi connectivity index (χ0n) is 12.1. The summed E-state index contributed by atoms with van der Waals surface area (Å²) < 4.78 is 26.7. The highest BCUT2D eigenvalue weighted by molar-refractivity contribution is 5.89. The molecule has 0 radical (unpaired) electrons. The fourth-order valence-corrected chi connectivity index (χ4v) is 3.36. The molecular formula is C16H20F2N2O. The lowest BCUT2D eigenvalue weighted by Crippen LogP contribution is -2.29. The summed E-state index contributed by atoms with van der Waals surface area (Å²) in [5, 5.41) is 6.13. The molecule has 1 spiro atoms. The standard InChI is InChI=1S/C16H20F2N2O/c1-11(21)19-13-3-2-4-14(9-13)20-12-5-7-15(8-6-12)10-16(15,17)18/h2-4,9,12,20H,5-8,10H2,1H3,(H,19,21). The van der Waals surface area contributed by atoms with E-state index in [1.165, 1.54) is 6.92 Å². The zero-order valence-corrected chi connectivity index (χ0v) is 12.1. The van der Waals surface area contributed by atoms with Crippen LogP contribution in [0.25, 0.3) is 0 Å². The van der Waals surface area contributed by atoms with Crippen LogP contribution in [0.1, 0.15) is 39.0 Å². The predicted molar refractivity (Wildman–Crippen MR) is 78.6 cm³/mol. The van der Waals surface area contributed by atoms with Crippen LogP contribution in [0.3, 0.4) is 0 Å². The molecule has 5 heteroatoms. The van der Waals surface area contributed by atoms with Gasteiger partial charge < -0.3 is 10.6 Å². The van der Waals surface area contributed by atoms with Gasteiger partial charge in [0.05, 0.1) is 0 Å². The first kappa shape index (κ1) is 14.3. The van der Waals surface area contributed by atoms with Gasteiger partial charge in [-0.3, -0.25) is 4.79 Å². The van der Waals surface area contributed by atoms with Crippen molar-refractivity contribution in [2.45, 2.75) is 51.0 Å². The lowest BCUT2D eigenvalue weighted by molar-refractivity contribution is -0.114. The van der Waals surface area contributed by atoms with Crippen LogP contribution in [0.5, 0.6) is 0 Å². The van der Waals surface area contributed by atoms with Gasteiger partial charge in [-0.25, -0.2) is 8.78 Å². The van der Waals surface area contributed by atoms with Crippen LogP contribution >= 0.6 is 0 Å². The number of benzene rings is 1. The van der Waals surface area contributed by atoms with Gasteiger partial charge in [0.15, 0.2) is 0 Å². The number of halogens is 2. The topological polar surface area (TPSA) is 41.1 Å². The van der Waals surface area contributed by atoms with Gasteiger partial charge in [-0.15, -0.1) is 0 Å². The third-order valence-electron chi connectivity index (χ3n) is 4.71. The Bertz CT molecular complexity index is 551. The molecule has 0 saturated heterocycles. The van der Waals surface area contributed by atoms with Crippen LogP contribution in [0.4, 0.5) is 20.2 Å². The molecule has 0 atom stereocenters. The van der Waals surface area contributed by atoms with E-state index >= 15 is 0 Å². The van der Waals surface area contributed by atoms with Crippen LogP contribution in [0.2, 0.25) is 0 Å². The quantitative estimate of drug-likeness (QED) is 0.884. The minimum Gasteiger partial charge on any atom is -0.382 e. The fraction of sp³-hybridized carbons (Fsp3) is 0.562. The van der Waals surface area contributed by atoms with Crippen molar-refractivity contribution in [1.82, 2.24) is 0 Å². The van der Waals surface area contributed by atoms with E-state index in [4.69, 9.17) is 0 Å². The number of amides is 1. The third-order valence-corrected chi connectivity index (χ3v) is 4.71. The Balaban J connectivity index is 1.57. The summed E-state index contributed by atoms with van der Waals surface area (Å²) in [5.74, 6) is -2.54. The third kappa shape index (κ3) is 2.87. The molecule has 0 aliphatic heterocycles. The van der Waals surface area contributed by atoms with Gasteiger partial charge in [-0.1, -0.05) is 6.07 Å². The van der Waals surface area contributed by atoms with Crippen molar-refractivity contribution >= 4 is 17.3 Å². The van der Waals surface area contributed by atoms with E-state index in [2.05, 4.69) is 10.6 Å². The molecular weight excluding hydrogens is 274 g/mol. The van der Waals surface area contributed by atoms with Gasteiger partial charge in [-0.2, -0.15) is 0 Å². The van der Waals surface area contributed by atoms with E-state index in [9.17, 15) is 13.6 Å². The van der Waals surface area contributed by atoms with Crippen LogP contribution in [-0.2, 0) is 4.79 Å². The normalized spacial score (nSPS) is 30.0. The predicted octanol–water partition coefficient (Wildman–Crippen LogP) is 4.02. The lowest BCUT2D eigenvalue weighted by Gasteiger charge is -2.30. The number of alkyl halides is 2. The average Bonchev–Trinajstić information content (AvgIpc) is 2.93. The number of nitrogens with one attached hydrogen (secondary N) is 2. The minimum absolute atomic E-state index is 0.0741. The van der Waals surface area contributed by atoms with Crippen LogP contribution in [0.15, 0.2) is 24.3 Å². The molecule has 2 fully saturated rings. The van der Waals surface area contributed by atoms with Crippen molar-refractivity contribution in [1.29, 1.82) is 0 Å². The van der Waals surface area contributed by atoms with Crippen molar-refractivity contribution in [2.24, 2.45) is 5.41 Å². The maximum Gasteiger partial charge on any atom is 0.254 e. The van der Waals surface area contributed by atoms with E-state index in [-0.39, 0.29) is 18.4 Å². The zero-order chi connectivity index (χ0) is 15.1. The SMILES string of the molecule is CC(=O)Nc1cccc(NC2CCC3(CC2)CC3(F)F)c1. The Morgan fingerprint density at radius 3 is 2.43 bits per heavy atom. The molecule has 3 rings (SSSR count). The molecule has 2 aliphatic rings. The number of rotatable bonds is 3. The molecule has 1 aromatic carbocycles. The van der Waals surface area contributed by atoms with E-state index in [0.717, 1.165) is 24.2 Å². The monoisotopic (exact) mass is 294 g/mol. The Labute approximate surface area is 123 Å². The molecule has 114 valence electrons. The Morgan fingerprint density at radius 2 is 1.86 bits per heavy atom. The number of hydrogen-bond acceptors (Lipinski definition) is 2. The van der Waals surface area contributed by atoms with E-state index in [1.807, 2.05) is 24.3 Å². The molecule has 2 saturated carbocycles. The van der Waals surface area contributed by atoms with Crippen molar-refractivity contribution in [3.05, 3.63) is 24.3 Å². The van der Waals surface area contributed by atoms with Crippen molar-refractivity contribution in [2.75, 3.05) is 10.6 Å². The van der Waals surface area contributed by atoms with Crippen molar-refractivity contribution in [3.8, 4) is 0 Å². The highest BCUT2D eigenvalue weighted by Gasteiger charge is 2.70. The summed E-state index contributed by atoms with van der Waals surface area (Å²) >= 11 is 0. The summed E-state index contributed by atoms with van der Waals surface area (Å²) in [6.07, 6.45) is 2.83. The van der Waals surface area contributed by atoms with Gasteiger partial charge in [0.1, 0.15) is 0 Å². The molecule has 0 bridgehead atoms. The smallest absolute Gasteiger partial charge is 0.254 e. The molecule has 0 unspecified atom stereocenters. The van der Waals surface area contributed by atoms with Gasteiger partial charge in [-0.05, 0) is 43.9 Å². The second kappa shape index (κ2) is 4.97. The summed E-state index contributed by atoms with van der Waals surface area (Å²) in [6, 6.07) is 7.73. The lowest BCUT2D eigenvalue weighted by atomic mass is 9.83. The summed E-state index contributed by atoms with van der Waals surface area (Å²) in [4.78, 5) is 11.1. The number of anilines is 2. The Kier molecular flexibility index (Phi) is 3.38. The molecule has 1 aromatic rings. The second-order valence-corrected chi connectivity index (χ2v) is 6.34. The summed E-state index contributed by atoms with van der Waals surface area (Å²) in [5.41, 5.74) is 0.974. The molecule has 3 nitrogen and oxygen atoms in total. The number of hydrogen-bond donors (Lipinski definition) is 2. The Morgan fingerprint density at radius 1 is 1.24 bits per heavy atom. The summed E-state index contributed by atoms with van der Waals surface area (Å²) in [7, 11) is 0. The van der Waals surface area contributed by atoms with Crippen molar-refractivity contribution < 1.29 is 13.6 Å². The minimum atomic E-state index is -2.43. The fourth-order valence-electron chi connectivity index (χ4n) is 3.36. The molecule has 0 heterocycles. The van der Waals surface area contributed by atoms with E-state index in [1.54, 1.807) is 0 Å². The molecule has 1 amide bonds. The number of carbonyl (C=O) groups excluding carboxylic acids is 1. The van der Waals surface area contributed by atoms with Crippen LogP contribution in [-0.4, -0.2) is 17.9 Å². The molecule has 21 heavy (non-hydrogen) atoms. The summed E-state index contributed by atoms with van der Waals surface area (Å²) in [6.45, 7) is 1.47. The maximum absolute atomic E-state index is 13.3. The van der Waals surface area contributed by atoms with Crippen molar-refractivity contribution in [3.63, 3.8) is 0 Å². The first-order valence-electron chi connectivity index (χ1n) is 7.42. The second-order valence-electron chi connectivity index (χ2n) is 6.34. The van der Waals surface area contributed by atoms with Gasteiger partial charge >= 0.3 is 0 Å². The van der Waals surface area contributed by atoms with Gasteiger partial charge in [0.2, 0.25) is 5.91 Å². The number of carbonyl (C=O) groups is 1. The van der Waals surface area contributed by atoms with E-state index < -0.39 is 11.3 Å².